The van der Waals surface area contributed by atoms with E-state index in [2.05, 4.69) is 10.6 Å². The van der Waals surface area contributed by atoms with E-state index in [0.717, 1.165) is 0 Å². The summed E-state index contributed by atoms with van der Waals surface area (Å²) in [5.41, 5.74) is 0.723. The van der Waals surface area contributed by atoms with Gasteiger partial charge in [0.2, 0.25) is 0 Å². The molecule has 1 aromatic carbocycles. The number of amides is 2. The molecule has 0 heterocycles. The lowest BCUT2D eigenvalue weighted by atomic mass is 10.1. The van der Waals surface area contributed by atoms with Crippen molar-refractivity contribution >= 4 is 23.5 Å². The second-order valence-electron chi connectivity index (χ2n) is 3.30. The fourth-order valence-corrected chi connectivity index (χ4v) is 1.22. The van der Waals surface area contributed by atoms with Crippen molar-refractivity contribution in [3.63, 3.8) is 0 Å². The maximum absolute atomic E-state index is 11.3. The second kappa shape index (κ2) is 5.64. The highest BCUT2D eigenvalue weighted by Crippen LogP contribution is 2.15. The zero-order valence-electron chi connectivity index (χ0n) is 9.19. The van der Waals surface area contributed by atoms with E-state index in [-0.39, 0.29) is 5.78 Å². The Labute approximate surface area is 97.6 Å². The molecule has 1 aromatic rings. The second-order valence-corrected chi connectivity index (χ2v) is 3.30. The normalized spacial score (nSPS) is 9.47. The number of hydrogen-bond acceptors (Lipinski definition) is 3. The lowest BCUT2D eigenvalue weighted by Crippen LogP contribution is -2.33. The van der Waals surface area contributed by atoms with Gasteiger partial charge < -0.3 is 15.7 Å². The van der Waals surface area contributed by atoms with E-state index in [1.807, 2.05) is 0 Å². The maximum Gasteiger partial charge on any atom is 0.323 e. The first-order valence-electron chi connectivity index (χ1n) is 4.87. The van der Waals surface area contributed by atoms with Gasteiger partial charge in [0.25, 0.3) is 0 Å². The molecule has 0 aliphatic heterocycles. The molecule has 0 unspecified atom stereocenters. The van der Waals surface area contributed by atoms with Gasteiger partial charge in [-0.1, -0.05) is 12.1 Å². The smallest absolute Gasteiger partial charge is 0.323 e. The lowest BCUT2D eigenvalue weighted by Gasteiger charge is -2.08. The largest absolute Gasteiger partial charge is 0.480 e. The number of hydrogen-bond donors (Lipinski definition) is 3. The van der Waals surface area contributed by atoms with Crippen LogP contribution in [0.2, 0.25) is 0 Å². The van der Waals surface area contributed by atoms with Gasteiger partial charge in [0.15, 0.2) is 5.78 Å². The first kappa shape index (κ1) is 12.7. The fourth-order valence-electron chi connectivity index (χ4n) is 1.22. The SMILES string of the molecule is CC(=O)c1ccccc1NC(=O)NCC(=O)O. The molecule has 90 valence electrons. The summed E-state index contributed by atoms with van der Waals surface area (Å²) in [5, 5.41) is 12.9. The number of benzene rings is 1. The highest BCUT2D eigenvalue weighted by Gasteiger charge is 2.09. The van der Waals surface area contributed by atoms with Crippen LogP contribution in [0, 0.1) is 0 Å². The molecular weight excluding hydrogens is 224 g/mol. The molecule has 0 aromatic heterocycles. The van der Waals surface area contributed by atoms with Crippen molar-refractivity contribution in [2.24, 2.45) is 0 Å². The maximum atomic E-state index is 11.3. The summed E-state index contributed by atoms with van der Waals surface area (Å²) < 4.78 is 0. The van der Waals surface area contributed by atoms with Gasteiger partial charge in [-0.25, -0.2) is 4.79 Å². The molecule has 0 aliphatic carbocycles. The molecule has 17 heavy (non-hydrogen) atoms. The number of aliphatic carboxylic acids is 1. The molecule has 0 fully saturated rings. The Morgan fingerprint density at radius 3 is 2.47 bits per heavy atom. The molecular formula is C11H12N2O4. The first-order chi connectivity index (χ1) is 8.00. The van der Waals surface area contributed by atoms with E-state index in [1.54, 1.807) is 24.3 Å². The molecule has 0 aliphatic rings. The molecule has 0 spiro atoms. The third-order valence-corrected chi connectivity index (χ3v) is 1.95. The highest BCUT2D eigenvalue weighted by molar-refractivity contribution is 6.03. The van der Waals surface area contributed by atoms with Crippen LogP contribution in [0.5, 0.6) is 0 Å². The minimum absolute atomic E-state index is 0.181. The van der Waals surface area contributed by atoms with Crippen LogP contribution in [0.4, 0.5) is 10.5 Å². The summed E-state index contributed by atoms with van der Waals surface area (Å²) in [6, 6.07) is 5.82. The van der Waals surface area contributed by atoms with Crippen LogP contribution < -0.4 is 10.6 Å². The Balaban J connectivity index is 2.71. The third-order valence-electron chi connectivity index (χ3n) is 1.95. The van der Waals surface area contributed by atoms with Crippen molar-refractivity contribution in [3.8, 4) is 0 Å². The molecule has 6 nitrogen and oxygen atoms in total. The van der Waals surface area contributed by atoms with Gasteiger partial charge >= 0.3 is 12.0 Å². The van der Waals surface area contributed by atoms with Crippen molar-refractivity contribution in [1.82, 2.24) is 5.32 Å². The molecule has 6 heteroatoms. The highest BCUT2D eigenvalue weighted by atomic mass is 16.4. The number of urea groups is 1. The third kappa shape index (κ3) is 3.94. The predicted octanol–water partition coefficient (Wildman–Crippen LogP) is 1.10. The van der Waals surface area contributed by atoms with Crippen molar-refractivity contribution in [2.75, 3.05) is 11.9 Å². The number of anilines is 1. The Bertz CT molecular complexity index is 457. The van der Waals surface area contributed by atoms with E-state index in [0.29, 0.717) is 11.3 Å². The number of nitrogens with one attached hydrogen (secondary N) is 2. The molecule has 0 radical (unpaired) electrons. The van der Waals surface area contributed by atoms with Crippen LogP contribution in [0.3, 0.4) is 0 Å². The van der Waals surface area contributed by atoms with E-state index in [4.69, 9.17) is 5.11 Å². The number of carboxylic acid groups (broad SMARTS) is 1. The quantitative estimate of drug-likeness (QED) is 0.682. The van der Waals surface area contributed by atoms with Crippen LogP contribution in [0.15, 0.2) is 24.3 Å². The van der Waals surface area contributed by atoms with Gasteiger partial charge in [-0.05, 0) is 19.1 Å². The van der Waals surface area contributed by atoms with Gasteiger partial charge in [0.1, 0.15) is 6.54 Å². The average Bonchev–Trinajstić information content (AvgIpc) is 2.27. The van der Waals surface area contributed by atoms with Gasteiger partial charge in [0, 0.05) is 5.56 Å². The van der Waals surface area contributed by atoms with Gasteiger partial charge in [0.05, 0.1) is 5.69 Å². The van der Waals surface area contributed by atoms with E-state index in [1.165, 1.54) is 6.92 Å². The molecule has 0 saturated carbocycles. The summed E-state index contributed by atoms with van der Waals surface area (Å²) in [6.45, 7) is 0.906. The molecule has 2 amide bonds. The van der Waals surface area contributed by atoms with Crippen LogP contribution in [-0.4, -0.2) is 29.4 Å². The van der Waals surface area contributed by atoms with Crippen LogP contribution in [0.1, 0.15) is 17.3 Å². The lowest BCUT2D eigenvalue weighted by molar-refractivity contribution is -0.135. The molecule has 0 atom stereocenters. The fraction of sp³-hybridized carbons (Fsp3) is 0.182. The minimum atomic E-state index is -1.14. The zero-order valence-corrected chi connectivity index (χ0v) is 9.19. The number of para-hydroxylation sites is 1. The Hall–Kier alpha value is -2.37. The molecule has 3 N–H and O–H groups in total. The van der Waals surface area contributed by atoms with Crippen molar-refractivity contribution < 1.29 is 19.5 Å². The van der Waals surface area contributed by atoms with Crippen molar-refractivity contribution in [2.45, 2.75) is 6.92 Å². The van der Waals surface area contributed by atoms with E-state index < -0.39 is 18.5 Å². The summed E-state index contributed by atoms with van der Waals surface area (Å²) in [4.78, 5) is 32.8. The zero-order chi connectivity index (χ0) is 12.8. The topological polar surface area (TPSA) is 95.5 Å². The molecule has 0 bridgehead atoms. The first-order valence-corrected chi connectivity index (χ1v) is 4.87. The summed E-state index contributed by atoms with van der Waals surface area (Å²) in [6.07, 6.45) is 0. The number of ketones is 1. The van der Waals surface area contributed by atoms with Crippen molar-refractivity contribution in [1.29, 1.82) is 0 Å². The summed E-state index contributed by atoms with van der Waals surface area (Å²) in [7, 11) is 0. The van der Waals surface area contributed by atoms with E-state index in [9.17, 15) is 14.4 Å². The van der Waals surface area contributed by atoms with Crippen molar-refractivity contribution in [3.05, 3.63) is 29.8 Å². The van der Waals surface area contributed by atoms with E-state index >= 15 is 0 Å². The van der Waals surface area contributed by atoms with Gasteiger partial charge in [-0.3, -0.25) is 9.59 Å². The summed E-state index contributed by atoms with van der Waals surface area (Å²) in [5.74, 6) is -1.32. The Morgan fingerprint density at radius 1 is 1.24 bits per heavy atom. The van der Waals surface area contributed by atoms with Gasteiger partial charge in [-0.15, -0.1) is 0 Å². The Morgan fingerprint density at radius 2 is 1.88 bits per heavy atom. The molecule has 1 rings (SSSR count). The number of carbonyl (C=O) groups excluding carboxylic acids is 2. The number of carboxylic acids is 1. The number of rotatable bonds is 4. The Kier molecular flexibility index (Phi) is 4.21. The molecule has 0 saturated heterocycles. The number of carbonyl (C=O) groups is 3. The monoisotopic (exact) mass is 236 g/mol. The van der Waals surface area contributed by atoms with Crippen LogP contribution in [-0.2, 0) is 4.79 Å². The van der Waals surface area contributed by atoms with Gasteiger partial charge in [-0.2, -0.15) is 0 Å². The summed E-state index contributed by atoms with van der Waals surface area (Å²) >= 11 is 0. The number of Topliss-reactive ketones (excluding diaryl/α,β-unsaturated/α-hetero) is 1. The average molecular weight is 236 g/mol. The van der Waals surface area contributed by atoms with Crippen LogP contribution >= 0.6 is 0 Å². The standard InChI is InChI=1S/C11H12N2O4/c1-7(14)8-4-2-3-5-9(8)13-11(17)12-6-10(15)16/h2-5H,6H2,1H3,(H,15,16)(H2,12,13,17). The minimum Gasteiger partial charge on any atom is -0.480 e. The van der Waals surface area contributed by atoms with Crippen LogP contribution in [0.25, 0.3) is 0 Å². The predicted molar refractivity (Wildman–Crippen MR) is 61.1 cm³/mol.